The Morgan fingerprint density at radius 3 is 2.19 bits per heavy atom. The number of nitrogens with two attached hydrogens (primary N) is 1. The first kappa shape index (κ1) is 15.6. The van der Waals surface area contributed by atoms with Gasteiger partial charge in [0.2, 0.25) is 5.91 Å². The van der Waals surface area contributed by atoms with Crippen LogP contribution in [0.15, 0.2) is 0 Å². The van der Waals surface area contributed by atoms with E-state index in [1.807, 2.05) is 13.8 Å². The van der Waals surface area contributed by atoms with Gasteiger partial charge in [0.25, 0.3) is 0 Å². The van der Waals surface area contributed by atoms with Crippen molar-refractivity contribution in [2.45, 2.75) is 37.7 Å². The average Bonchev–Trinajstić information content (AvgIpc) is 2.22. The maximum Gasteiger partial charge on any atom is 0.442 e. The van der Waals surface area contributed by atoms with Crippen LogP contribution in [0.1, 0.15) is 26.7 Å². The molecule has 0 aliphatic rings. The molecule has 0 radical (unpaired) electrons. The smallest absolute Gasteiger partial charge is 0.354 e. The average molecular weight is 258 g/mol. The zero-order valence-corrected chi connectivity index (χ0v) is 10.2. The highest BCUT2D eigenvalue weighted by Crippen LogP contribution is 2.29. The second-order valence-corrected chi connectivity index (χ2v) is 4.62. The summed E-state index contributed by atoms with van der Waals surface area (Å²) in [6.07, 6.45) is 1.33. The maximum absolute atomic E-state index is 11.8. The quantitative estimate of drug-likeness (QED) is 0.764. The molecule has 0 heterocycles. The van der Waals surface area contributed by atoms with Gasteiger partial charge in [-0.15, -0.1) is 0 Å². The van der Waals surface area contributed by atoms with Gasteiger partial charge in [0.15, 0.2) is 0 Å². The van der Waals surface area contributed by atoms with Crippen molar-refractivity contribution in [3.05, 3.63) is 0 Å². The zero-order valence-electron chi connectivity index (χ0n) is 9.36. The molecule has 0 saturated heterocycles. The molecule has 0 aromatic carbocycles. The minimum atomic E-state index is -4.37. The SMILES string of the molecule is CCC(N)(CC)CNC(=O)CSC(F)(F)F. The van der Waals surface area contributed by atoms with Gasteiger partial charge in [-0.2, -0.15) is 13.2 Å². The third-order valence-electron chi connectivity index (χ3n) is 2.41. The molecule has 0 aromatic rings. The van der Waals surface area contributed by atoms with Crippen LogP contribution in [-0.4, -0.2) is 29.3 Å². The summed E-state index contributed by atoms with van der Waals surface area (Å²) in [5.74, 6) is -1.26. The summed E-state index contributed by atoms with van der Waals surface area (Å²) in [6.45, 7) is 3.96. The predicted molar refractivity (Wildman–Crippen MR) is 59.0 cm³/mol. The molecule has 0 bridgehead atoms. The van der Waals surface area contributed by atoms with Crippen LogP contribution in [-0.2, 0) is 4.79 Å². The monoisotopic (exact) mass is 258 g/mol. The summed E-state index contributed by atoms with van der Waals surface area (Å²) in [7, 11) is 0. The largest absolute Gasteiger partial charge is 0.442 e. The summed E-state index contributed by atoms with van der Waals surface area (Å²) in [4.78, 5) is 11.1. The normalized spacial score (nSPS) is 12.6. The predicted octanol–water partition coefficient (Wildman–Crippen LogP) is 1.87. The molecule has 7 heteroatoms. The number of amides is 1. The molecular weight excluding hydrogens is 241 g/mol. The van der Waals surface area contributed by atoms with Crippen LogP contribution in [0.4, 0.5) is 13.2 Å². The van der Waals surface area contributed by atoms with E-state index in [0.29, 0.717) is 12.8 Å². The first-order valence-electron chi connectivity index (χ1n) is 4.98. The van der Waals surface area contributed by atoms with Crippen molar-refractivity contribution < 1.29 is 18.0 Å². The summed E-state index contributed by atoms with van der Waals surface area (Å²) in [6, 6.07) is 0. The summed E-state index contributed by atoms with van der Waals surface area (Å²) >= 11 is -0.345. The van der Waals surface area contributed by atoms with E-state index in [4.69, 9.17) is 5.73 Å². The van der Waals surface area contributed by atoms with Crippen molar-refractivity contribution >= 4 is 17.7 Å². The topological polar surface area (TPSA) is 55.1 Å². The summed E-state index contributed by atoms with van der Waals surface area (Å²) < 4.78 is 35.3. The molecule has 1 amide bonds. The minimum Gasteiger partial charge on any atom is -0.354 e. The second kappa shape index (κ2) is 6.34. The number of carbonyl (C=O) groups excluding carboxylic acids is 1. The van der Waals surface area contributed by atoms with Crippen molar-refractivity contribution in [2.24, 2.45) is 5.73 Å². The number of hydrogen-bond donors (Lipinski definition) is 2. The fourth-order valence-corrected chi connectivity index (χ4v) is 1.37. The number of alkyl halides is 3. The molecule has 3 N–H and O–H groups in total. The number of rotatable bonds is 6. The van der Waals surface area contributed by atoms with Crippen molar-refractivity contribution in [1.29, 1.82) is 0 Å². The van der Waals surface area contributed by atoms with E-state index in [0.717, 1.165) is 0 Å². The number of halogens is 3. The van der Waals surface area contributed by atoms with Gasteiger partial charge >= 0.3 is 5.51 Å². The van der Waals surface area contributed by atoms with Crippen LogP contribution in [0.25, 0.3) is 0 Å². The number of hydrogen-bond acceptors (Lipinski definition) is 3. The molecule has 16 heavy (non-hydrogen) atoms. The summed E-state index contributed by atoms with van der Waals surface area (Å²) in [5, 5.41) is 2.41. The maximum atomic E-state index is 11.8. The highest BCUT2D eigenvalue weighted by atomic mass is 32.2. The standard InChI is InChI=1S/C9H17F3N2OS/c1-3-8(13,4-2)6-14-7(15)5-16-9(10,11)12/h3-6,13H2,1-2H3,(H,14,15). The van der Waals surface area contributed by atoms with Crippen molar-refractivity contribution in [3.8, 4) is 0 Å². The highest BCUT2D eigenvalue weighted by Gasteiger charge is 2.29. The van der Waals surface area contributed by atoms with Gasteiger partial charge in [-0.25, -0.2) is 0 Å². The molecule has 96 valence electrons. The van der Waals surface area contributed by atoms with Crippen LogP contribution >= 0.6 is 11.8 Å². The Balaban J connectivity index is 3.90. The van der Waals surface area contributed by atoms with Crippen LogP contribution in [0.2, 0.25) is 0 Å². The molecule has 0 aliphatic carbocycles. The van der Waals surface area contributed by atoms with E-state index in [1.165, 1.54) is 0 Å². The fourth-order valence-electron chi connectivity index (χ4n) is 0.973. The molecule has 0 aliphatic heterocycles. The zero-order chi connectivity index (χ0) is 12.8. The van der Waals surface area contributed by atoms with E-state index in [9.17, 15) is 18.0 Å². The first-order chi connectivity index (χ1) is 7.22. The Labute approximate surface area is 97.3 Å². The lowest BCUT2D eigenvalue weighted by molar-refractivity contribution is -0.119. The van der Waals surface area contributed by atoms with Gasteiger partial charge in [0.1, 0.15) is 0 Å². The fraction of sp³-hybridized carbons (Fsp3) is 0.889. The van der Waals surface area contributed by atoms with Gasteiger partial charge in [0.05, 0.1) is 5.75 Å². The Kier molecular flexibility index (Phi) is 6.17. The lowest BCUT2D eigenvalue weighted by atomic mass is 9.94. The lowest BCUT2D eigenvalue weighted by Gasteiger charge is -2.26. The van der Waals surface area contributed by atoms with Crippen LogP contribution in [0.3, 0.4) is 0 Å². The molecule has 0 unspecified atom stereocenters. The lowest BCUT2D eigenvalue weighted by Crippen LogP contribution is -2.49. The number of thioether (sulfide) groups is 1. The van der Waals surface area contributed by atoms with Crippen LogP contribution < -0.4 is 11.1 Å². The van der Waals surface area contributed by atoms with Gasteiger partial charge < -0.3 is 11.1 Å². The minimum absolute atomic E-state index is 0.206. The van der Waals surface area contributed by atoms with Gasteiger partial charge in [-0.3, -0.25) is 4.79 Å². The number of nitrogens with one attached hydrogen (secondary N) is 1. The van der Waals surface area contributed by atoms with E-state index >= 15 is 0 Å². The van der Waals surface area contributed by atoms with Gasteiger partial charge in [0, 0.05) is 12.1 Å². The Morgan fingerprint density at radius 2 is 1.81 bits per heavy atom. The molecule has 0 rings (SSSR count). The molecule has 0 atom stereocenters. The second-order valence-electron chi connectivity index (χ2n) is 3.58. The Morgan fingerprint density at radius 1 is 1.31 bits per heavy atom. The van der Waals surface area contributed by atoms with Crippen molar-refractivity contribution in [2.75, 3.05) is 12.3 Å². The van der Waals surface area contributed by atoms with E-state index in [2.05, 4.69) is 5.32 Å². The van der Waals surface area contributed by atoms with E-state index in [1.54, 1.807) is 0 Å². The van der Waals surface area contributed by atoms with Crippen LogP contribution in [0.5, 0.6) is 0 Å². The third-order valence-corrected chi connectivity index (χ3v) is 3.15. The Hall–Kier alpha value is -0.430. The van der Waals surface area contributed by atoms with Gasteiger partial charge in [-0.05, 0) is 24.6 Å². The molecule has 0 saturated carbocycles. The van der Waals surface area contributed by atoms with Crippen molar-refractivity contribution in [1.82, 2.24) is 5.32 Å². The highest BCUT2D eigenvalue weighted by molar-refractivity contribution is 8.00. The van der Waals surface area contributed by atoms with Crippen LogP contribution in [0, 0.1) is 0 Å². The first-order valence-corrected chi connectivity index (χ1v) is 5.97. The molecule has 0 spiro atoms. The van der Waals surface area contributed by atoms with Gasteiger partial charge in [-0.1, -0.05) is 13.8 Å². The van der Waals surface area contributed by atoms with E-state index < -0.39 is 22.7 Å². The summed E-state index contributed by atoms with van der Waals surface area (Å²) in [5.41, 5.74) is 0.985. The third kappa shape index (κ3) is 6.95. The molecule has 3 nitrogen and oxygen atoms in total. The number of carbonyl (C=O) groups is 1. The molecule has 0 fully saturated rings. The Bertz CT molecular complexity index is 229. The van der Waals surface area contributed by atoms with E-state index in [-0.39, 0.29) is 18.3 Å². The molecule has 0 aromatic heterocycles. The van der Waals surface area contributed by atoms with Crippen molar-refractivity contribution in [3.63, 3.8) is 0 Å². The molecular formula is C9H17F3N2OS.